The summed E-state index contributed by atoms with van der Waals surface area (Å²) in [6.07, 6.45) is 0. The van der Waals surface area contributed by atoms with Gasteiger partial charge in [0.2, 0.25) is 6.79 Å². The SMILES string of the molecule is Cc1cc(-c2ccccc2)c(-c2ccccc2)c2c1OCO2. The molecule has 1 heterocycles. The molecule has 0 fully saturated rings. The molecule has 0 atom stereocenters. The molecule has 0 N–H and O–H groups in total. The highest BCUT2D eigenvalue weighted by atomic mass is 16.7. The fraction of sp³-hybridized carbons (Fsp3) is 0.100. The van der Waals surface area contributed by atoms with Gasteiger partial charge in [-0.3, -0.25) is 0 Å². The Bertz CT molecular complexity index is 808. The zero-order valence-electron chi connectivity index (χ0n) is 12.4. The van der Waals surface area contributed by atoms with Crippen molar-refractivity contribution < 1.29 is 9.47 Å². The Balaban J connectivity index is 2.04. The van der Waals surface area contributed by atoms with Crippen LogP contribution in [-0.2, 0) is 0 Å². The monoisotopic (exact) mass is 288 g/mol. The van der Waals surface area contributed by atoms with E-state index < -0.39 is 0 Å². The fourth-order valence-corrected chi connectivity index (χ4v) is 2.97. The number of aryl methyl sites for hydroxylation is 1. The summed E-state index contributed by atoms with van der Waals surface area (Å²) in [5, 5.41) is 0. The lowest BCUT2D eigenvalue weighted by Gasteiger charge is -2.15. The van der Waals surface area contributed by atoms with E-state index in [-0.39, 0.29) is 6.79 Å². The van der Waals surface area contributed by atoms with Crippen LogP contribution in [0.1, 0.15) is 5.56 Å². The molecule has 2 heteroatoms. The maximum Gasteiger partial charge on any atom is 0.231 e. The molecule has 3 aromatic rings. The van der Waals surface area contributed by atoms with Crippen LogP contribution in [-0.4, -0.2) is 6.79 Å². The Hall–Kier alpha value is -2.74. The van der Waals surface area contributed by atoms with Gasteiger partial charge < -0.3 is 9.47 Å². The average molecular weight is 288 g/mol. The van der Waals surface area contributed by atoms with Crippen molar-refractivity contribution in [3.05, 3.63) is 72.3 Å². The lowest BCUT2D eigenvalue weighted by atomic mass is 9.91. The molecule has 0 amide bonds. The molecule has 0 unspecified atom stereocenters. The van der Waals surface area contributed by atoms with Gasteiger partial charge in [0, 0.05) is 5.56 Å². The third kappa shape index (κ3) is 2.04. The molecule has 2 nitrogen and oxygen atoms in total. The molecular formula is C20H16O2. The van der Waals surface area contributed by atoms with Crippen LogP contribution < -0.4 is 9.47 Å². The standard InChI is InChI=1S/C20H16O2/c1-14-12-17(15-8-4-2-5-9-15)18(16-10-6-3-7-11-16)20-19(14)21-13-22-20/h2-12H,13H2,1H3. The first kappa shape index (κ1) is 13.0. The Morgan fingerprint density at radius 3 is 2.00 bits per heavy atom. The molecule has 0 bridgehead atoms. The smallest absolute Gasteiger partial charge is 0.231 e. The number of fused-ring (bicyclic) bond motifs is 1. The van der Waals surface area contributed by atoms with Gasteiger partial charge in [-0.25, -0.2) is 0 Å². The molecular weight excluding hydrogens is 272 g/mol. The zero-order valence-corrected chi connectivity index (χ0v) is 12.4. The summed E-state index contributed by atoms with van der Waals surface area (Å²) in [7, 11) is 0. The molecule has 0 saturated heterocycles. The third-order valence-corrected chi connectivity index (χ3v) is 3.98. The van der Waals surface area contributed by atoms with Gasteiger partial charge in [0.25, 0.3) is 0 Å². The quantitative estimate of drug-likeness (QED) is 0.656. The summed E-state index contributed by atoms with van der Waals surface area (Å²) >= 11 is 0. The van der Waals surface area contributed by atoms with Crippen LogP contribution in [0.2, 0.25) is 0 Å². The fourth-order valence-electron chi connectivity index (χ4n) is 2.97. The predicted octanol–water partition coefficient (Wildman–Crippen LogP) is 5.06. The van der Waals surface area contributed by atoms with Gasteiger partial charge in [-0.1, -0.05) is 60.7 Å². The average Bonchev–Trinajstić information content (AvgIpc) is 3.06. The van der Waals surface area contributed by atoms with Gasteiger partial charge in [-0.05, 0) is 35.2 Å². The number of hydrogen-bond acceptors (Lipinski definition) is 2. The number of benzene rings is 3. The highest BCUT2D eigenvalue weighted by molar-refractivity contribution is 5.90. The van der Waals surface area contributed by atoms with Crippen LogP contribution in [0.5, 0.6) is 11.5 Å². The molecule has 1 aliphatic rings. The maximum absolute atomic E-state index is 5.80. The maximum atomic E-state index is 5.80. The van der Waals surface area contributed by atoms with Crippen molar-refractivity contribution in [3.8, 4) is 33.8 Å². The summed E-state index contributed by atoms with van der Waals surface area (Å²) in [6.45, 7) is 2.35. The Morgan fingerprint density at radius 1 is 0.727 bits per heavy atom. The Labute approximate surface area is 129 Å². The van der Waals surface area contributed by atoms with Gasteiger partial charge in [-0.15, -0.1) is 0 Å². The van der Waals surface area contributed by atoms with Crippen molar-refractivity contribution in [1.82, 2.24) is 0 Å². The van der Waals surface area contributed by atoms with Crippen LogP contribution in [0, 0.1) is 6.92 Å². The van der Waals surface area contributed by atoms with Crippen LogP contribution >= 0.6 is 0 Å². The normalized spacial score (nSPS) is 12.4. The predicted molar refractivity (Wildman–Crippen MR) is 88.2 cm³/mol. The molecule has 1 aliphatic heterocycles. The minimum Gasteiger partial charge on any atom is -0.453 e. The second-order valence-corrected chi connectivity index (χ2v) is 5.41. The van der Waals surface area contributed by atoms with Gasteiger partial charge in [0.1, 0.15) is 0 Å². The summed E-state index contributed by atoms with van der Waals surface area (Å²) in [5.74, 6) is 1.71. The van der Waals surface area contributed by atoms with Crippen molar-refractivity contribution in [3.63, 3.8) is 0 Å². The first-order valence-electron chi connectivity index (χ1n) is 7.38. The highest BCUT2D eigenvalue weighted by Gasteiger charge is 2.25. The zero-order chi connectivity index (χ0) is 14.9. The summed E-state index contributed by atoms with van der Waals surface area (Å²) in [5.41, 5.74) is 5.70. The van der Waals surface area contributed by atoms with E-state index in [4.69, 9.17) is 9.47 Å². The Morgan fingerprint density at radius 2 is 1.32 bits per heavy atom. The number of ether oxygens (including phenoxy) is 2. The van der Waals surface area contributed by atoms with Gasteiger partial charge in [0.15, 0.2) is 11.5 Å². The molecule has 0 spiro atoms. The molecule has 4 rings (SSSR count). The van der Waals surface area contributed by atoms with E-state index in [9.17, 15) is 0 Å². The van der Waals surface area contributed by atoms with E-state index in [0.29, 0.717) is 0 Å². The van der Waals surface area contributed by atoms with E-state index in [1.165, 1.54) is 11.1 Å². The van der Waals surface area contributed by atoms with Crippen molar-refractivity contribution in [2.45, 2.75) is 6.92 Å². The number of hydrogen-bond donors (Lipinski definition) is 0. The second kappa shape index (κ2) is 5.23. The van der Waals surface area contributed by atoms with Crippen LogP contribution in [0.15, 0.2) is 66.7 Å². The number of rotatable bonds is 2. The van der Waals surface area contributed by atoms with E-state index in [1.54, 1.807) is 0 Å². The topological polar surface area (TPSA) is 18.5 Å². The van der Waals surface area contributed by atoms with Crippen molar-refractivity contribution in [1.29, 1.82) is 0 Å². The summed E-state index contributed by atoms with van der Waals surface area (Å²) in [4.78, 5) is 0. The van der Waals surface area contributed by atoms with Crippen LogP contribution in [0.3, 0.4) is 0 Å². The minimum atomic E-state index is 0.286. The summed E-state index contributed by atoms with van der Waals surface area (Å²) in [6, 6.07) is 22.9. The van der Waals surface area contributed by atoms with Gasteiger partial charge in [0.05, 0.1) is 0 Å². The van der Waals surface area contributed by atoms with E-state index in [0.717, 1.165) is 28.2 Å². The van der Waals surface area contributed by atoms with Crippen LogP contribution in [0.25, 0.3) is 22.3 Å². The molecule has 0 aromatic heterocycles. The third-order valence-electron chi connectivity index (χ3n) is 3.98. The lowest BCUT2D eigenvalue weighted by Crippen LogP contribution is -1.94. The molecule has 0 saturated carbocycles. The molecule has 0 aliphatic carbocycles. The van der Waals surface area contributed by atoms with Crippen molar-refractivity contribution >= 4 is 0 Å². The molecule has 3 aromatic carbocycles. The van der Waals surface area contributed by atoms with Crippen molar-refractivity contribution in [2.24, 2.45) is 0 Å². The lowest BCUT2D eigenvalue weighted by molar-refractivity contribution is 0.174. The second-order valence-electron chi connectivity index (χ2n) is 5.41. The first-order chi connectivity index (χ1) is 10.8. The van der Waals surface area contributed by atoms with E-state index >= 15 is 0 Å². The molecule has 108 valence electrons. The Kier molecular flexibility index (Phi) is 3.08. The van der Waals surface area contributed by atoms with E-state index in [2.05, 4.69) is 49.4 Å². The first-order valence-corrected chi connectivity index (χ1v) is 7.38. The summed E-state index contributed by atoms with van der Waals surface area (Å²) < 4.78 is 11.5. The van der Waals surface area contributed by atoms with Gasteiger partial charge in [-0.2, -0.15) is 0 Å². The highest BCUT2D eigenvalue weighted by Crippen LogP contribution is 2.48. The van der Waals surface area contributed by atoms with Gasteiger partial charge >= 0.3 is 0 Å². The molecule has 22 heavy (non-hydrogen) atoms. The van der Waals surface area contributed by atoms with Crippen LogP contribution in [0.4, 0.5) is 0 Å². The largest absolute Gasteiger partial charge is 0.453 e. The minimum absolute atomic E-state index is 0.286. The molecule has 0 radical (unpaired) electrons. The van der Waals surface area contributed by atoms with E-state index in [1.807, 2.05) is 24.3 Å². The van der Waals surface area contributed by atoms with Crippen molar-refractivity contribution in [2.75, 3.05) is 6.79 Å².